The summed E-state index contributed by atoms with van der Waals surface area (Å²) in [4.78, 5) is 0.962. The lowest BCUT2D eigenvalue weighted by atomic mass is 10.1. The molecule has 1 aromatic rings. The molecular formula is C10H18N2S. The molecule has 3 heteroatoms. The van der Waals surface area contributed by atoms with Crippen LogP contribution >= 0.6 is 11.9 Å². The molecule has 1 aromatic carbocycles. The largest absolute Gasteiger partial charge is 0.398 e. The van der Waals surface area contributed by atoms with Crippen LogP contribution in [-0.4, -0.2) is 0 Å². The quantitative estimate of drug-likeness (QED) is 0.567. The van der Waals surface area contributed by atoms with Crippen LogP contribution < -0.4 is 10.9 Å². The highest BCUT2D eigenvalue weighted by molar-refractivity contribution is 7.97. The van der Waals surface area contributed by atoms with E-state index in [2.05, 4.69) is 6.92 Å². The molecule has 13 heavy (non-hydrogen) atoms. The normalized spacial score (nSPS) is 8.92. The first-order chi connectivity index (χ1) is 6.27. The van der Waals surface area contributed by atoms with Gasteiger partial charge in [-0.15, -0.1) is 0 Å². The highest BCUT2D eigenvalue weighted by Gasteiger charge is 1.97. The summed E-state index contributed by atoms with van der Waals surface area (Å²) >= 11 is 1.20. The molecule has 0 unspecified atom stereocenters. The Morgan fingerprint density at radius 1 is 1.31 bits per heavy atom. The highest BCUT2D eigenvalue weighted by atomic mass is 32.2. The molecule has 0 spiro atoms. The maximum atomic E-state index is 5.65. The van der Waals surface area contributed by atoms with Crippen molar-refractivity contribution >= 4 is 17.6 Å². The molecule has 0 heterocycles. The van der Waals surface area contributed by atoms with Gasteiger partial charge in [-0.25, -0.2) is 0 Å². The van der Waals surface area contributed by atoms with Crippen molar-refractivity contribution < 1.29 is 0 Å². The minimum absolute atomic E-state index is 0.759. The molecular weight excluding hydrogens is 180 g/mol. The summed E-state index contributed by atoms with van der Waals surface area (Å²) in [6.45, 7) is 6.11. The van der Waals surface area contributed by atoms with E-state index in [4.69, 9.17) is 10.9 Å². The molecule has 0 aromatic heterocycles. The highest BCUT2D eigenvalue weighted by Crippen LogP contribution is 2.21. The Morgan fingerprint density at radius 2 is 1.92 bits per heavy atom. The van der Waals surface area contributed by atoms with E-state index >= 15 is 0 Å². The van der Waals surface area contributed by atoms with Crippen molar-refractivity contribution in [2.24, 2.45) is 5.14 Å². The van der Waals surface area contributed by atoms with Crippen molar-refractivity contribution in [3.8, 4) is 0 Å². The van der Waals surface area contributed by atoms with Crippen LogP contribution in [0.15, 0.2) is 23.1 Å². The maximum absolute atomic E-state index is 5.65. The van der Waals surface area contributed by atoms with Gasteiger partial charge in [0, 0.05) is 10.6 Å². The molecule has 0 aliphatic rings. The van der Waals surface area contributed by atoms with Crippen LogP contribution in [0.5, 0.6) is 0 Å². The maximum Gasteiger partial charge on any atom is 0.0465 e. The van der Waals surface area contributed by atoms with Crippen molar-refractivity contribution in [2.75, 3.05) is 5.73 Å². The van der Waals surface area contributed by atoms with Crippen LogP contribution in [0, 0.1) is 0 Å². The Labute approximate surface area is 84.8 Å². The lowest BCUT2D eigenvalue weighted by Crippen LogP contribution is -1.92. The number of anilines is 1. The van der Waals surface area contributed by atoms with E-state index < -0.39 is 0 Å². The van der Waals surface area contributed by atoms with Gasteiger partial charge in [0.05, 0.1) is 0 Å². The zero-order valence-corrected chi connectivity index (χ0v) is 9.32. The first kappa shape index (κ1) is 12.3. The van der Waals surface area contributed by atoms with E-state index in [-0.39, 0.29) is 0 Å². The van der Waals surface area contributed by atoms with Crippen molar-refractivity contribution in [2.45, 2.75) is 32.1 Å². The number of nitrogen functional groups attached to an aromatic ring is 1. The molecule has 0 saturated carbocycles. The van der Waals surface area contributed by atoms with Crippen LogP contribution in [0.3, 0.4) is 0 Å². The third kappa shape index (κ3) is 3.70. The second-order valence-corrected chi connectivity index (χ2v) is 3.02. The third-order valence-corrected chi connectivity index (χ3v) is 2.22. The minimum atomic E-state index is 0.759. The lowest BCUT2D eigenvalue weighted by Gasteiger charge is -2.03. The standard InChI is InChI=1S/C8H12N2S.C2H6/c1-2-6-3-4-7(9)8(5-6)11-10;1-2/h3-5H,2,9-10H2,1H3;1-2H3. The summed E-state index contributed by atoms with van der Waals surface area (Å²) in [6.07, 6.45) is 1.02. The van der Waals surface area contributed by atoms with Gasteiger partial charge in [0.25, 0.3) is 0 Å². The van der Waals surface area contributed by atoms with Crippen molar-refractivity contribution in [3.63, 3.8) is 0 Å². The number of hydrogen-bond donors (Lipinski definition) is 2. The number of hydrogen-bond acceptors (Lipinski definition) is 3. The summed E-state index contributed by atoms with van der Waals surface area (Å²) in [6, 6.07) is 5.95. The lowest BCUT2D eigenvalue weighted by molar-refractivity contribution is 1.12. The summed E-state index contributed by atoms with van der Waals surface area (Å²) in [5.41, 5.74) is 7.68. The van der Waals surface area contributed by atoms with E-state index in [1.54, 1.807) is 0 Å². The number of aryl methyl sites for hydroxylation is 1. The molecule has 0 radical (unpaired) electrons. The Kier molecular flexibility index (Phi) is 6.45. The number of rotatable bonds is 2. The SMILES string of the molecule is CC.CCc1ccc(N)c(SN)c1. The Morgan fingerprint density at radius 3 is 2.38 bits per heavy atom. The zero-order valence-electron chi connectivity index (χ0n) is 8.50. The monoisotopic (exact) mass is 198 g/mol. The van der Waals surface area contributed by atoms with Crippen LogP contribution in [-0.2, 0) is 6.42 Å². The Bertz CT molecular complexity index is 249. The molecule has 0 atom stereocenters. The first-order valence-electron chi connectivity index (χ1n) is 4.53. The summed E-state index contributed by atoms with van der Waals surface area (Å²) in [5, 5.41) is 5.41. The fourth-order valence-electron chi connectivity index (χ4n) is 0.901. The first-order valence-corrected chi connectivity index (χ1v) is 5.41. The average Bonchev–Trinajstić information content (AvgIpc) is 2.22. The van der Waals surface area contributed by atoms with Crippen molar-refractivity contribution in [1.29, 1.82) is 0 Å². The van der Waals surface area contributed by atoms with Crippen LogP contribution in [0.1, 0.15) is 26.3 Å². The second kappa shape index (κ2) is 6.80. The average molecular weight is 198 g/mol. The van der Waals surface area contributed by atoms with Gasteiger partial charge >= 0.3 is 0 Å². The van der Waals surface area contributed by atoms with E-state index in [1.165, 1.54) is 17.5 Å². The topological polar surface area (TPSA) is 52.0 Å². The summed E-state index contributed by atoms with van der Waals surface area (Å²) in [5.74, 6) is 0. The third-order valence-electron chi connectivity index (χ3n) is 1.61. The van der Waals surface area contributed by atoms with Gasteiger partial charge in [-0.1, -0.05) is 26.8 Å². The molecule has 4 N–H and O–H groups in total. The molecule has 74 valence electrons. The van der Waals surface area contributed by atoms with E-state index in [1.807, 2.05) is 32.0 Å². The van der Waals surface area contributed by atoms with Crippen molar-refractivity contribution in [1.82, 2.24) is 0 Å². The fraction of sp³-hybridized carbons (Fsp3) is 0.400. The van der Waals surface area contributed by atoms with E-state index in [0.29, 0.717) is 0 Å². The number of benzene rings is 1. The minimum Gasteiger partial charge on any atom is -0.398 e. The molecule has 2 nitrogen and oxygen atoms in total. The predicted octanol–water partition coefficient (Wildman–Crippen LogP) is 2.82. The van der Waals surface area contributed by atoms with Crippen LogP contribution in [0.4, 0.5) is 5.69 Å². The smallest absolute Gasteiger partial charge is 0.0465 e. The van der Waals surface area contributed by atoms with E-state index in [0.717, 1.165) is 17.0 Å². The fourth-order valence-corrected chi connectivity index (χ4v) is 1.32. The molecule has 0 amide bonds. The Balaban J connectivity index is 0.000000671. The van der Waals surface area contributed by atoms with Gasteiger partial charge in [0.15, 0.2) is 0 Å². The molecule has 1 rings (SSSR count). The van der Waals surface area contributed by atoms with Gasteiger partial charge in [0.1, 0.15) is 0 Å². The van der Waals surface area contributed by atoms with E-state index in [9.17, 15) is 0 Å². The van der Waals surface area contributed by atoms with Crippen LogP contribution in [0.2, 0.25) is 0 Å². The molecule has 0 saturated heterocycles. The zero-order chi connectivity index (χ0) is 10.3. The molecule has 0 aliphatic carbocycles. The van der Waals surface area contributed by atoms with Gasteiger partial charge in [0.2, 0.25) is 0 Å². The van der Waals surface area contributed by atoms with Crippen LogP contribution in [0.25, 0.3) is 0 Å². The van der Waals surface area contributed by atoms with Gasteiger partial charge in [-0.2, -0.15) is 0 Å². The number of nitrogens with two attached hydrogens (primary N) is 2. The summed E-state index contributed by atoms with van der Waals surface area (Å²) < 4.78 is 0. The van der Waals surface area contributed by atoms with Crippen molar-refractivity contribution in [3.05, 3.63) is 23.8 Å². The van der Waals surface area contributed by atoms with Gasteiger partial charge < -0.3 is 5.73 Å². The Hall–Kier alpha value is -0.670. The predicted molar refractivity (Wildman–Crippen MR) is 61.6 cm³/mol. The van der Waals surface area contributed by atoms with Gasteiger partial charge in [-0.05, 0) is 36.1 Å². The second-order valence-electron chi connectivity index (χ2n) is 2.34. The van der Waals surface area contributed by atoms with Gasteiger partial charge in [-0.3, -0.25) is 5.14 Å². The molecule has 0 bridgehead atoms. The summed E-state index contributed by atoms with van der Waals surface area (Å²) in [7, 11) is 0. The molecule has 0 aliphatic heterocycles. The molecule has 0 fully saturated rings.